The van der Waals surface area contributed by atoms with Gasteiger partial charge in [-0.3, -0.25) is 0 Å². The standard InChI is InChI=1S/C58H37NO/c1-2-12-38(13-3-1)39-24-29-45(30-25-39)59(46-31-26-41(27-32-46)53-37-42-15-5-7-17-48(42)50-18-8-9-19-51(50)53)54-34-35-56-58(52-20-10-11-21-55(52)60-56)57(54)44-28-33-49-43(36-44)23-22-40-14-4-6-16-47(40)49/h1-37H. The highest BCUT2D eigenvalue weighted by molar-refractivity contribution is 6.18. The van der Waals surface area contributed by atoms with Crippen LogP contribution in [0.2, 0.25) is 0 Å². The summed E-state index contributed by atoms with van der Waals surface area (Å²) in [5.74, 6) is 0. The number of hydrogen-bond acceptors (Lipinski definition) is 2. The quantitative estimate of drug-likeness (QED) is 0.157. The third-order valence-corrected chi connectivity index (χ3v) is 12.2. The molecule has 0 saturated heterocycles. The molecule has 60 heavy (non-hydrogen) atoms. The van der Waals surface area contributed by atoms with Gasteiger partial charge < -0.3 is 9.32 Å². The van der Waals surface area contributed by atoms with Crippen molar-refractivity contribution in [3.63, 3.8) is 0 Å². The minimum absolute atomic E-state index is 0.867. The van der Waals surface area contributed by atoms with E-state index < -0.39 is 0 Å². The first-order valence-electron chi connectivity index (χ1n) is 20.6. The highest BCUT2D eigenvalue weighted by Crippen LogP contribution is 2.48. The van der Waals surface area contributed by atoms with Crippen LogP contribution >= 0.6 is 0 Å². The molecule has 0 N–H and O–H groups in total. The molecule has 0 fully saturated rings. The van der Waals surface area contributed by atoms with Crippen molar-refractivity contribution in [2.24, 2.45) is 0 Å². The first kappa shape index (κ1) is 34.1. The van der Waals surface area contributed by atoms with Crippen LogP contribution in [0.1, 0.15) is 0 Å². The highest BCUT2D eigenvalue weighted by atomic mass is 16.3. The van der Waals surface area contributed by atoms with Gasteiger partial charge in [0, 0.05) is 27.7 Å². The van der Waals surface area contributed by atoms with Crippen molar-refractivity contribution in [2.45, 2.75) is 0 Å². The van der Waals surface area contributed by atoms with Gasteiger partial charge in [0.1, 0.15) is 11.2 Å². The first-order valence-corrected chi connectivity index (χ1v) is 20.6. The van der Waals surface area contributed by atoms with Crippen molar-refractivity contribution < 1.29 is 4.42 Å². The zero-order valence-electron chi connectivity index (χ0n) is 32.7. The summed E-state index contributed by atoms with van der Waals surface area (Å²) in [5.41, 5.74) is 12.0. The van der Waals surface area contributed by atoms with Crippen LogP contribution in [0.5, 0.6) is 0 Å². The van der Waals surface area contributed by atoms with Crippen LogP contribution in [0.15, 0.2) is 229 Å². The molecule has 0 amide bonds. The van der Waals surface area contributed by atoms with Crippen LogP contribution in [0.4, 0.5) is 17.1 Å². The molecule has 0 radical (unpaired) electrons. The maximum absolute atomic E-state index is 6.58. The maximum Gasteiger partial charge on any atom is 0.136 e. The van der Waals surface area contributed by atoms with E-state index in [-0.39, 0.29) is 0 Å². The highest BCUT2D eigenvalue weighted by Gasteiger charge is 2.23. The molecule has 2 heteroatoms. The maximum atomic E-state index is 6.58. The number of furan rings is 1. The summed E-state index contributed by atoms with van der Waals surface area (Å²) >= 11 is 0. The molecule has 0 aliphatic heterocycles. The number of hydrogen-bond donors (Lipinski definition) is 0. The summed E-state index contributed by atoms with van der Waals surface area (Å²) in [5, 5.41) is 12.2. The van der Waals surface area contributed by atoms with E-state index >= 15 is 0 Å². The summed E-state index contributed by atoms with van der Waals surface area (Å²) in [7, 11) is 0. The fourth-order valence-corrected chi connectivity index (χ4v) is 9.40. The average molecular weight is 764 g/mol. The normalized spacial score (nSPS) is 11.7. The number of rotatable bonds is 6. The van der Waals surface area contributed by atoms with E-state index in [1.54, 1.807) is 0 Å². The number of para-hydroxylation sites is 1. The number of fused-ring (bicyclic) bond motifs is 9. The lowest BCUT2D eigenvalue weighted by molar-refractivity contribution is 0.669. The molecule has 0 unspecified atom stereocenters. The van der Waals surface area contributed by atoms with Gasteiger partial charge in [0.15, 0.2) is 0 Å². The van der Waals surface area contributed by atoms with Gasteiger partial charge in [-0.05, 0) is 126 Å². The second-order valence-electron chi connectivity index (χ2n) is 15.6. The molecular formula is C58H37NO. The van der Waals surface area contributed by atoms with E-state index in [0.29, 0.717) is 0 Å². The van der Waals surface area contributed by atoms with Gasteiger partial charge in [-0.15, -0.1) is 0 Å². The molecule has 0 saturated carbocycles. The molecule has 1 heterocycles. The molecule has 12 rings (SSSR count). The molecular weight excluding hydrogens is 727 g/mol. The van der Waals surface area contributed by atoms with Crippen molar-refractivity contribution >= 4 is 82.1 Å². The number of anilines is 3. The Labute approximate surface area is 347 Å². The van der Waals surface area contributed by atoms with Crippen molar-refractivity contribution in [2.75, 3.05) is 4.90 Å². The lowest BCUT2D eigenvalue weighted by atomic mass is 9.92. The zero-order chi connectivity index (χ0) is 39.6. The molecule has 0 bridgehead atoms. The molecule has 0 aliphatic carbocycles. The summed E-state index contributed by atoms with van der Waals surface area (Å²) < 4.78 is 6.58. The second kappa shape index (κ2) is 13.9. The molecule has 1 aromatic heterocycles. The van der Waals surface area contributed by atoms with Crippen LogP contribution < -0.4 is 4.90 Å². The SMILES string of the molecule is c1ccc(-c2ccc(N(c3ccc(-c4cc5ccccc5c5ccccc45)cc3)c3ccc4oc5ccccc5c4c3-c3ccc4c(ccc5ccccc54)c3)cc2)cc1. The molecule has 0 spiro atoms. The van der Waals surface area contributed by atoms with Crippen LogP contribution in [-0.4, -0.2) is 0 Å². The van der Waals surface area contributed by atoms with Crippen molar-refractivity contribution in [1.82, 2.24) is 0 Å². The average Bonchev–Trinajstić information content (AvgIpc) is 3.71. The first-order chi connectivity index (χ1) is 29.7. The third-order valence-electron chi connectivity index (χ3n) is 12.2. The second-order valence-corrected chi connectivity index (χ2v) is 15.6. The molecule has 11 aromatic carbocycles. The van der Waals surface area contributed by atoms with Crippen LogP contribution in [0.25, 0.3) is 98.4 Å². The lowest BCUT2D eigenvalue weighted by Crippen LogP contribution is -2.11. The van der Waals surface area contributed by atoms with Crippen molar-refractivity contribution in [3.05, 3.63) is 224 Å². The van der Waals surface area contributed by atoms with Gasteiger partial charge in [0.2, 0.25) is 0 Å². The molecule has 0 atom stereocenters. The Morgan fingerprint density at radius 1 is 0.300 bits per heavy atom. The molecule has 2 nitrogen and oxygen atoms in total. The van der Waals surface area contributed by atoms with Gasteiger partial charge in [-0.25, -0.2) is 0 Å². The Morgan fingerprint density at radius 3 is 1.60 bits per heavy atom. The fraction of sp³-hybridized carbons (Fsp3) is 0. The third kappa shape index (κ3) is 5.57. The largest absolute Gasteiger partial charge is 0.456 e. The number of benzene rings is 11. The predicted octanol–water partition coefficient (Wildman–Crippen LogP) is 16.7. The lowest BCUT2D eigenvalue weighted by Gasteiger charge is -2.29. The van der Waals surface area contributed by atoms with E-state index in [9.17, 15) is 0 Å². The van der Waals surface area contributed by atoms with Gasteiger partial charge >= 0.3 is 0 Å². The van der Waals surface area contributed by atoms with Crippen LogP contribution in [0.3, 0.4) is 0 Å². The van der Waals surface area contributed by atoms with E-state index in [2.05, 4.69) is 223 Å². The van der Waals surface area contributed by atoms with E-state index in [1.807, 2.05) is 6.07 Å². The predicted molar refractivity (Wildman–Crippen MR) is 255 cm³/mol. The van der Waals surface area contributed by atoms with E-state index in [1.165, 1.54) is 65.3 Å². The monoisotopic (exact) mass is 763 g/mol. The van der Waals surface area contributed by atoms with E-state index in [0.717, 1.165) is 50.1 Å². The fourth-order valence-electron chi connectivity index (χ4n) is 9.40. The van der Waals surface area contributed by atoms with Gasteiger partial charge in [0.25, 0.3) is 0 Å². The summed E-state index contributed by atoms with van der Waals surface area (Å²) in [6.45, 7) is 0. The summed E-state index contributed by atoms with van der Waals surface area (Å²) in [6, 6.07) is 81.3. The molecule has 12 aromatic rings. The Bertz CT molecular complexity index is 3580. The van der Waals surface area contributed by atoms with Gasteiger partial charge in [0.05, 0.1) is 5.69 Å². The zero-order valence-corrected chi connectivity index (χ0v) is 32.7. The minimum Gasteiger partial charge on any atom is -0.456 e. The summed E-state index contributed by atoms with van der Waals surface area (Å²) in [4.78, 5) is 2.41. The topological polar surface area (TPSA) is 16.4 Å². The van der Waals surface area contributed by atoms with Crippen LogP contribution in [-0.2, 0) is 0 Å². The minimum atomic E-state index is 0.867. The smallest absolute Gasteiger partial charge is 0.136 e. The van der Waals surface area contributed by atoms with Crippen LogP contribution in [0, 0.1) is 0 Å². The van der Waals surface area contributed by atoms with Gasteiger partial charge in [-0.1, -0.05) is 170 Å². The Morgan fingerprint density at radius 2 is 0.833 bits per heavy atom. The van der Waals surface area contributed by atoms with Crippen molar-refractivity contribution in [3.8, 4) is 33.4 Å². The number of nitrogens with zero attached hydrogens (tertiary/aromatic N) is 1. The van der Waals surface area contributed by atoms with E-state index in [4.69, 9.17) is 4.42 Å². The Hall–Kier alpha value is -7.94. The van der Waals surface area contributed by atoms with Crippen molar-refractivity contribution in [1.29, 1.82) is 0 Å². The molecule has 280 valence electrons. The summed E-state index contributed by atoms with van der Waals surface area (Å²) in [6.07, 6.45) is 0. The molecule has 0 aliphatic rings. The Balaban J connectivity index is 1.09. The van der Waals surface area contributed by atoms with Gasteiger partial charge in [-0.2, -0.15) is 0 Å². The Kier molecular flexibility index (Phi) is 7.89.